The minimum Gasteiger partial charge on any atom is -0.454 e. The maximum atomic E-state index is 12.5. The zero-order valence-corrected chi connectivity index (χ0v) is 16.1. The van der Waals surface area contributed by atoms with Gasteiger partial charge in [-0.1, -0.05) is 6.07 Å². The minimum atomic E-state index is -0.682. The number of thiophene rings is 1. The lowest BCUT2D eigenvalue weighted by atomic mass is 10.2. The Labute approximate surface area is 168 Å². The fraction of sp³-hybridized carbons (Fsp3) is 0.263. The standard InChI is InChI=1S/C19H18N4O5S/c24-16(20-11-5-6-12-13(9-11)22-19(27)21-12)10-28-18(26)14-3-1-7-23(14)17(25)15-4-2-8-29-15/h2,4-6,8-9,14H,1,3,7,10H2,(H,20,24)(H2,21,22,27)/t14-/m1/s1. The van der Waals surface area contributed by atoms with Crippen molar-refractivity contribution in [2.75, 3.05) is 18.5 Å². The molecule has 0 bridgehead atoms. The second kappa shape index (κ2) is 7.92. The molecule has 0 spiro atoms. The highest BCUT2D eigenvalue weighted by Crippen LogP contribution is 2.23. The Kier molecular flexibility index (Phi) is 5.17. The summed E-state index contributed by atoms with van der Waals surface area (Å²) in [6, 6.07) is 7.71. The third-order valence-corrected chi connectivity index (χ3v) is 5.52. The summed E-state index contributed by atoms with van der Waals surface area (Å²) in [6.45, 7) is 0.0234. The van der Waals surface area contributed by atoms with Crippen LogP contribution in [0.25, 0.3) is 11.0 Å². The largest absolute Gasteiger partial charge is 0.454 e. The molecular weight excluding hydrogens is 396 g/mol. The number of rotatable bonds is 5. The molecule has 4 rings (SSSR count). The number of likely N-dealkylation sites (tertiary alicyclic amines) is 1. The molecule has 1 aliphatic rings. The predicted molar refractivity (Wildman–Crippen MR) is 107 cm³/mol. The van der Waals surface area contributed by atoms with Gasteiger partial charge < -0.3 is 24.9 Å². The average molecular weight is 414 g/mol. The van der Waals surface area contributed by atoms with Crippen LogP contribution in [-0.2, 0) is 14.3 Å². The van der Waals surface area contributed by atoms with Crippen molar-refractivity contribution in [3.63, 3.8) is 0 Å². The van der Waals surface area contributed by atoms with Crippen molar-refractivity contribution in [3.05, 3.63) is 51.1 Å². The fourth-order valence-corrected chi connectivity index (χ4v) is 4.02. The number of nitrogens with zero attached hydrogens (tertiary/aromatic N) is 1. The first-order chi connectivity index (χ1) is 14.0. The third kappa shape index (κ3) is 4.06. The molecule has 150 valence electrons. The molecule has 1 fully saturated rings. The molecule has 3 aromatic rings. The van der Waals surface area contributed by atoms with E-state index in [-0.39, 0.29) is 11.6 Å². The lowest BCUT2D eigenvalue weighted by Gasteiger charge is -2.22. The Morgan fingerprint density at radius 3 is 2.83 bits per heavy atom. The van der Waals surface area contributed by atoms with Crippen LogP contribution >= 0.6 is 11.3 Å². The molecule has 3 heterocycles. The van der Waals surface area contributed by atoms with Crippen LogP contribution in [0.5, 0.6) is 0 Å². The van der Waals surface area contributed by atoms with Gasteiger partial charge in [0, 0.05) is 12.2 Å². The molecule has 0 radical (unpaired) electrons. The number of hydrogen-bond donors (Lipinski definition) is 3. The maximum absolute atomic E-state index is 12.5. The van der Waals surface area contributed by atoms with Crippen molar-refractivity contribution in [1.29, 1.82) is 0 Å². The number of aromatic nitrogens is 2. The summed E-state index contributed by atoms with van der Waals surface area (Å²) < 4.78 is 5.14. The number of fused-ring (bicyclic) bond motifs is 1. The Morgan fingerprint density at radius 2 is 2.03 bits per heavy atom. The zero-order chi connectivity index (χ0) is 20.4. The van der Waals surface area contributed by atoms with Gasteiger partial charge in [-0.15, -0.1) is 11.3 Å². The number of anilines is 1. The Balaban J connectivity index is 1.33. The quantitative estimate of drug-likeness (QED) is 0.548. The highest BCUT2D eigenvalue weighted by atomic mass is 32.1. The number of amides is 2. The zero-order valence-electron chi connectivity index (χ0n) is 15.3. The lowest BCUT2D eigenvalue weighted by molar-refractivity contribution is -0.151. The second-order valence-corrected chi connectivity index (χ2v) is 7.58. The van der Waals surface area contributed by atoms with E-state index in [0.717, 1.165) is 0 Å². The molecule has 3 N–H and O–H groups in total. The molecule has 2 amide bonds. The molecule has 0 unspecified atom stereocenters. The number of aromatic amines is 2. The topological polar surface area (TPSA) is 124 Å². The van der Waals surface area contributed by atoms with Gasteiger partial charge in [0.05, 0.1) is 15.9 Å². The highest BCUT2D eigenvalue weighted by Gasteiger charge is 2.36. The van der Waals surface area contributed by atoms with Gasteiger partial charge in [0.15, 0.2) is 6.61 Å². The van der Waals surface area contributed by atoms with E-state index in [1.54, 1.807) is 35.7 Å². The Bertz CT molecular complexity index is 1120. The molecule has 9 nitrogen and oxygen atoms in total. The third-order valence-electron chi connectivity index (χ3n) is 4.66. The first-order valence-corrected chi connectivity index (χ1v) is 9.92. The van der Waals surface area contributed by atoms with Crippen molar-refractivity contribution < 1.29 is 19.1 Å². The van der Waals surface area contributed by atoms with E-state index in [1.165, 1.54) is 16.2 Å². The van der Waals surface area contributed by atoms with E-state index >= 15 is 0 Å². The Morgan fingerprint density at radius 1 is 1.21 bits per heavy atom. The summed E-state index contributed by atoms with van der Waals surface area (Å²) >= 11 is 1.32. The molecule has 29 heavy (non-hydrogen) atoms. The average Bonchev–Trinajstić information content (AvgIpc) is 3.44. The van der Waals surface area contributed by atoms with Gasteiger partial charge in [0.25, 0.3) is 11.8 Å². The van der Waals surface area contributed by atoms with Crippen molar-refractivity contribution in [2.45, 2.75) is 18.9 Å². The molecule has 1 atom stereocenters. The van der Waals surface area contributed by atoms with Crippen LogP contribution in [-0.4, -0.2) is 51.8 Å². The van der Waals surface area contributed by atoms with Crippen LogP contribution in [0.1, 0.15) is 22.5 Å². The van der Waals surface area contributed by atoms with Gasteiger partial charge in [-0.25, -0.2) is 9.59 Å². The summed E-state index contributed by atoms with van der Waals surface area (Å²) in [5.41, 5.74) is 1.30. The smallest absolute Gasteiger partial charge is 0.329 e. The number of imidazole rings is 1. The first kappa shape index (κ1) is 18.9. The van der Waals surface area contributed by atoms with Crippen LogP contribution in [0, 0.1) is 0 Å². The molecule has 1 saturated heterocycles. The van der Waals surface area contributed by atoms with Gasteiger partial charge in [0.2, 0.25) is 0 Å². The number of esters is 1. The van der Waals surface area contributed by atoms with E-state index in [0.29, 0.717) is 41.0 Å². The van der Waals surface area contributed by atoms with E-state index in [2.05, 4.69) is 15.3 Å². The number of carbonyl (C=O) groups excluding carboxylic acids is 3. The highest BCUT2D eigenvalue weighted by molar-refractivity contribution is 7.12. The van der Waals surface area contributed by atoms with Crippen LogP contribution < -0.4 is 11.0 Å². The van der Waals surface area contributed by atoms with E-state index in [9.17, 15) is 19.2 Å². The lowest BCUT2D eigenvalue weighted by Crippen LogP contribution is -2.41. The molecule has 10 heteroatoms. The summed E-state index contributed by atoms with van der Waals surface area (Å²) in [4.78, 5) is 55.7. The first-order valence-electron chi connectivity index (χ1n) is 9.04. The van der Waals surface area contributed by atoms with Crippen molar-refractivity contribution in [3.8, 4) is 0 Å². The molecule has 1 aliphatic heterocycles. The normalized spacial score (nSPS) is 16.1. The minimum absolute atomic E-state index is 0.197. The van der Waals surface area contributed by atoms with Crippen LogP contribution in [0.15, 0.2) is 40.5 Å². The molecule has 1 aromatic carbocycles. The van der Waals surface area contributed by atoms with Gasteiger partial charge in [-0.2, -0.15) is 0 Å². The number of ether oxygens (including phenoxy) is 1. The number of benzene rings is 1. The summed E-state index contributed by atoms with van der Waals surface area (Å²) in [6.07, 6.45) is 1.22. The van der Waals surface area contributed by atoms with Crippen molar-refractivity contribution in [1.82, 2.24) is 14.9 Å². The number of nitrogens with one attached hydrogen (secondary N) is 3. The summed E-state index contributed by atoms with van der Waals surface area (Å²) in [5.74, 6) is -1.30. The van der Waals surface area contributed by atoms with E-state index in [4.69, 9.17) is 4.74 Å². The van der Waals surface area contributed by atoms with Crippen molar-refractivity contribution >= 4 is 45.8 Å². The van der Waals surface area contributed by atoms with Crippen LogP contribution in [0.4, 0.5) is 5.69 Å². The number of carbonyl (C=O) groups is 3. The number of hydrogen-bond acceptors (Lipinski definition) is 6. The molecule has 0 saturated carbocycles. The molecular formula is C19H18N4O5S. The van der Waals surface area contributed by atoms with Gasteiger partial charge in [-0.3, -0.25) is 9.59 Å². The number of H-pyrrole nitrogens is 2. The fourth-order valence-electron chi connectivity index (χ4n) is 3.34. The molecule has 2 aromatic heterocycles. The predicted octanol–water partition coefficient (Wildman–Crippen LogP) is 1.70. The van der Waals surface area contributed by atoms with Crippen molar-refractivity contribution in [2.24, 2.45) is 0 Å². The SMILES string of the molecule is O=C(COC(=O)[C@H]1CCCN1C(=O)c1cccs1)Nc1ccc2[nH]c(=O)[nH]c2c1. The summed E-state index contributed by atoms with van der Waals surface area (Å²) in [5, 5.41) is 4.42. The monoisotopic (exact) mass is 414 g/mol. The van der Waals surface area contributed by atoms with E-state index < -0.39 is 24.5 Å². The maximum Gasteiger partial charge on any atom is 0.329 e. The second-order valence-electron chi connectivity index (χ2n) is 6.63. The summed E-state index contributed by atoms with van der Waals surface area (Å²) in [7, 11) is 0. The van der Waals surface area contributed by atoms with Gasteiger partial charge in [0.1, 0.15) is 6.04 Å². The molecule has 0 aliphatic carbocycles. The van der Waals surface area contributed by atoms with Crippen LogP contribution in [0.3, 0.4) is 0 Å². The van der Waals surface area contributed by atoms with Crippen LogP contribution in [0.2, 0.25) is 0 Å². The van der Waals surface area contributed by atoms with Gasteiger partial charge in [-0.05, 0) is 42.5 Å². The van der Waals surface area contributed by atoms with E-state index in [1.807, 2.05) is 0 Å². The Hall–Kier alpha value is -3.40. The van der Waals surface area contributed by atoms with Gasteiger partial charge >= 0.3 is 11.7 Å².